The van der Waals surface area contributed by atoms with E-state index in [-0.39, 0.29) is 17.7 Å². The summed E-state index contributed by atoms with van der Waals surface area (Å²) in [7, 11) is 0. The molecule has 0 bridgehead atoms. The molecule has 28 heavy (non-hydrogen) atoms. The summed E-state index contributed by atoms with van der Waals surface area (Å²) in [6.45, 7) is 6.79. The molecule has 1 N–H and O–H groups in total. The van der Waals surface area contributed by atoms with Crippen molar-refractivity contribution in [2.75, 3.05) is 13.1 Å². The molecular weight excluding hydrogens is 358 g/mol. The van der Waals surface area contributed by atoms with E-state index in [0.29, 0.717) is 30.0 Å². The molecule has 1 unspecified atom stereocenters. The molecule has 2 fully saturated rings. The van der Waals surface area contributed by atoms with Crippen LogP contribution < -0.4 is 5.56 Å². The van der Waals surface area contributed by atoms with E-state index in [0.717, 1.165) is 25.1 Å². The summed E-state index contributed by atoms with van der Waals surface area (Å²) in [5.74, 6) is 1.36. The van der Waals surface area contributed by atoms with Gasteiger partial charge in [0.2, 0.25) is 0 Å². The highest BCUT2D eigenvalue weighted by atomic mass is 16.6. The second-order valence-electron chi connectivity index (χ2n) is 9.06. The average Bonchev–Trinajstić information content (AvgIpc) is 3.01. The van der Waals surface area contributed by atoms with Crippen LogP contribution in [0.1, 0.15) is 64.7 Å². The van der Waals surface area contributed by atoms with E-state index in [1.54, 1.807) is 11.1 Å². The van der Waals surface area contributed by atoms with Crippen molar-refractivity contribution in [2.45, 2.75) is 70.9 Å². The van der Waals surface area contributed by atoms with Crippen molar-refractivity contribution in [1.29, 1.82) is 0 Å². The largest absolute Gasteiger partial charge is 0.444 e. The van der Waals surface area contributed by atoms with Gasteiger partial charge in [0.15, 0.2) is 5.65 Å². The Balaban J connectivity index is 1.57. The van der Waals surface area contributed by atoms with Gasteiger partial charge in [-0.3, -0.25) is 4.79 Å². The molecule has 4 rings (SSSR count). The summed E-state index contributed by atoms with van der Waals surface area (Å²) in [5.41, 5.74) is -0.0345. The van der Waals surface area contributed by atoms with Crippen LogP contribution in [0.2, 0.25) is 0 Å². The zero-order valence-electron chi connectivity index (χ0n) is 16.9. The second-order valence-corrected chi connectivity index (χ2v) is 9.06. The summed E-state index contributed by atoms with van der Waals surface area (Å²) in [6.07, 6.45) is 7.52. The highest BCUT2D eigenvalue weighted by Gasteiger charge is 2.30. The molecule has 1 atom stereocenters. The minimum atomic E-state index is -0.520. The van der Waals surface area contributed by atoms with Crippen LogP contribution in [0.3, 0.4) is 0 Å². The smallest absolute Gasteiger partial charge is 0.410 e. The lowest BCUT2D eigenvalue weighted by atomic mass is 9.83. The predicted octanol–water partition coefficient (Wildman–Crippen LogP) is 3.03. The number of aromatic nitrogens is 4. The monoisotopic (exact) mass is 387 g/mol. The van der Waals surface area contributed by atoms with E-state index >= 15 is 0 Å². The van der Waals surface area contributed by atoms with Crippen molar-refractivity contribution in [2.24, 2.45) is 5.92 Å². The molecule has 8 nitrogen and oxygen atoms in total. The van der Waals surface area contributed by atoms with Gasteiger partial charge in [-0.25, -0.2) is 14.5 Å². The molecule has 1 amide bonds. The van der Waals surface area contributed by atoms with Crippen LogP contribution in [0.4, 0.5) is 4.79 Å². The van der Waals surface area contributed by atoms with Crippen molar-refractivity contribution in [3.05, 3.63) is 22.4 Å². The lowest BCUT2D eigenvalue weighted by molar-refractivity contribution is 0.0169. The van der Waals surface area contributed by atoms with E-state index < -0.39 is 5.60 Å². The number of carbonyl (C=O) groups excluding carboxylic acids is 1. The number of ether oxygens (including phenoxy) is 1. The second kappa shape index (κ2) is 7.22. The van der Waals surface area contributed by atoms with Gasteiger partial charge in [0.25, 0.3) is 5.56 Å². The number of H-pyrrole nitrogens is 1. The summed E-state index contributed by atoms with van der Waals surface area (Å²) < 4.78 is 7.34. The molecule has 1 saturated heterocycles. The number of rotatable bonds is 3. The molecule has 2 aromatic heterocycles. The third kappa shape index (κ3) is 3.91. The van der Waals surface area contributed by atoms with Gasteiger partial charge in [-0.2, -0.15) is 5.10 Å². The summed E-state index contributed by atoms with van der Waals surface area (Å²) >= 11 is 0. The number of aromatic amines is 1. The minimum Gasteiger partial charge on any atom is -0.444 e. The third-order valence-electron chi connectivity index (χ3n) is 5.61. The van der Waals surface area contributed by atoms with E-state index in [2.05, 4.69) is 10.1 Å². The van der Waals surface area contributed by atoms with Crippen molar-refractivity contribution in [3.63, 3.8) is 0 Å². The number of fused-ring (bicyclic) bond motifs is 1. The van der Waals surface area contributed by atoms with E-state index in [4.69, 9.17) is 9.72 Å². The van der Waals surface area contributed by atoms with Gasteiger partial charge in [-0.1, -0.05) is 19.3 Å². The standard InChI is InChI=1S/C20H29N5O3/c1-20(2,3)28-19(27)24-9-5-8-14(12-24)25-17-15(11-21-25)18(26)23-16(22-17)10-13-6-4-7-13/h11,13-14H,4-10,12H2,1-3H3,(H,22,23,26). The Kier molecular flexibility index (Phi) is 4.89. The Morgan fingerprint density at radius 1 is 1.29 bits per heavy atom. The fourth-order valence-electron chi connectivity index (χ4n) is 3.96. The molecule has 0 aromatic carbocycles. The quantitative estimate of drug-likeness (QED) is 0.874. The predicted molar refractivity (Wildman–Crippen MR) is 105 cm³/mol. The summed E-state index contributed by atoms with van der Waals surface area (Å²) in [6, 6.07) is -0.00961. The van der Waals surface area contributed by atoms with Gasteiger partial charge in [0.1, 0.15) is 16.8 Å². The molecule has 1 aliphatic heterocycles. The number of hydrogen-bond donors (Lipinski definition) is 1. The zero-order chi connectivity index (χ0) is 19.9. The van der Waals surface area contributed by atoms with Crippen molar-refractivity contribution < 1.29 is 9.53 Å². The lowest BCUT2D eigenvalue weighted by Gasteiger charge is -2.34. The van der Waals surface area contributed by atoms with Gasteiger partial charge in [-0.05, 0) is 39.5 Å². The van der Waals surface area contributed by atoms with E-state index in [1.165, 1.54) is 19.3 Å². The van der Waals surface area contributed by atoms with Gasteiger partial charge in [0, 0.05) is 19.5 Å². The number of amides is 1. The van der Waals surface area contributed by atoms with Gasteiger partial charge in [0.05, 0.1) is 12.2 Å². The van der Waals surface area contributed by atoms with Crippen LogP contribution in [-0.2, 0) is 11.2 Å². The van der Waals surface area contributed by atoms with Crippen molar-refractivity contribution >= 4 is 17.1 Å². The van der Waals surface area contributed by atoms with Gasteiger partial charge < -0.3 is 14.6 Å². The molecule has 2 aliphatic rings. The average molecular weight is 387 g/mol. The maximum Gasteiger partial charge on any atom is 0.410 e. The molecule has 0 spiro atoms. The Morgan fingerprint density at radius 3 is 2.75 bits per heavy atom. The Bertz CT molecular complexity index is 922. The number of nitrogens with one attached hydrogen (secondary N) is 1. The summed E-state index contributed by atoms with van der Waals surface area (Å²) in [4.78, 5) is 34.3. The first-order valence-electron chi connectivity index (χ1n) is 10.2. The number of nitrogens with zero attached hydrogens (tertiary/aromatic N) is 4. The SMILES string of the molecule is CC(C)(C)OC(=O)N1CCCC(n2ncc3c(=O)[nH]c(CC4CCC4)nc32)C1. The van der Waals surface area contributed by atoms with Crippen LogP contribution in [0, 0.1) is 5.92 Å². The first-order valence-corrected chi connectivity index (χ1v) is 10.2. The van der Waals surface area contributed by atoms with Crippen LogP contribution in [0.15, 0.2) is 11.0 Å². The Labute approximate surface area is 164 Å². The topological polar surface area (TPSA) is 93.1 Å². The Morgan fingerprint density at radius 2 is 2.07 bits per heavy atom. The van der Waals surface area contributed by atoms with Crippen LogP contribution >= 0.6 is 0 Å². The molecule has 0 radical (unpaired) electrons. The highest BCUT2D eigenvalue weighted by molar-refractivity contribution is 5.73. The minimum absolute atomic E-state index is 0.00961. The highest BCUT2D eigenvalue weighted by Crippen LogP contribution is 2.29. The van der Waals surface area contributed by atoms with Crippen LogP contribution in [-0.4, -0.2) is 49.4 Å². The maximum atomic E-state index is 12.5. The van der Waals surface area contributed by atoms with E-state index in [1.807, 2.05) is 25.5 Å². The first-order chi connectivity index (χ1) is 13.3. The Hall–Kier alpha value is -2.38. The number of likely N-dealkylation sites (tertiary alicyclic amines) is 1. The van der Waals surface area contributed by atoms with Crippen molar-refractivity contribution in [1.82, 2.24) is 24.6 Å². The van der Waals surface area contributed by atoms with Crippen molar-refractivity contribution in [3.8, 4) is 0 Å². The molecule has 2 aromatic rings. The van der Waals surface area contributed by atoms with Crippen LogP contribution in [0.25, 0.3) is 11.0 Å². The zero-order valence-corrected chi connectivity index (χ0v) is 16.9. The molecule has 8 heteroatoms. The number of carbonyl (C=O) groups is 1. The maximum absolute atomic E-state index is 12.5. The molecule has 152 valence electrons. The normalized spacial score (nSPS) is 21.0. The molecule has 3 heterocycles. The first kappa shape index (κ1) is 19.0. The van der Waals surface area contributed by atoms with Crippen LogP contribution in [0.5, 0.6) is 0 Å². The lowest BCUT2D eigenvalue weighted by Crippen LogP contribution is -2.43. The van der Waals surface area contributed by atoms with E-state index in [9.17, 15) is 9.59 Å². The molecule has 1 saturated carbocycles. The fourth-order valence-corrected chi connectivity index (χ4v) is 3.96. The fraction of sp³-hybridized carbons (Fsp3) is 0.700. The molecule has 1 aliphatic carbocycles. The third-order valence-corrected chi connectivity index (χ3v) is 5.61. The van der Waals surface area contributed by atoms with Gasteiger partial charge >= 0.3 is 6.09 Å². The molecular formula is C20H29N5O3. The van der Waals surface area contributed by atoms with Gasteiger partial charge in [-0.15, -0.1) is 0 Å². The summed E-state index contributed by atoms with van der Waals surface area (Å²) in [5, 5.41) is 4.96. The number of hydrogen-bond acceptors (Lipinski definition) is 5. The number of piperidine rings is 1.